The highest BCUT2D eigenvalue weighted by molar-refractivity contribution is 6.11. The fourth-order valence-electron chi connectivity index (χ4n) is 3.15. The van der Waals surface area contributed by atoms with E-state index in [1.807, 2.05) is 38.1 Å². The van der Waals surface area contributed by atoms with Gasteiger partial charge in [0.15, 0.2) is 0 Å². The van der Waals surface area contributed by atoms with Crippen molar-refractivity contribution in [3.8, 4) is 0 Å². The van der Waals surface area contributed by atoms with Gasteiger partial charge in [0.1, 0.15) is 5.82 Å². The number of fused-ring (bicyclic) bond motifs is 1. The summed E-state index contributed by atoms with van der Waals surface area (Å²) in [4.78, 5) is 29.2. The Balaban J connectivity index is 2.09. The molecular weight excluding hydrogens is 319 g/mol. The molecule has 0 aromatic heterocycles. The number of benzene rings is 2. The third-order valence-electron chi connectivity index (χ3n) is 4.70. The summed E-state index contributed by atoms with van der Waals surface area (Å²) in [6.45, 7) is 4.26. The van der Waals surface area contributed by atoms with E-state index in [1.165, 1.54) is 24.3 Å². The van der Waals surface area contributed by atoms with Gasteiger partial charge >= 0.3 is 0 Å². The minimum absolute atomic E-state index is 0.00291. The number of amides is 2. The highest BCUT2D eigenvalue weighted by Gasteiger charge is 2.36. The summed E-state index contributed by atoms with van der Waals surface area (Å²) in [5.74, 6) is -0.838. The Morgan fingerprint density at radius 2 is 1.68 bits per heavy atom. The minimum atomic E-state index is -0.386. The first-order valence-electron chi connectivity index (χ1n) is 8.34. The molecule has 25 heavy (non-hydrogen) atoms. The Morgan fingerprint density at radius 3 is 2.28 bits per heavy atom. The van der Waals surface area contributed by atoms with E-state index in [0.717, 1.165) is 0 Å². The zero-order valence-corrected chi connectivity index (χ0v) is 14.6. The van der Waals surface area contributed by atoms with Crippen molar-refractivity contribution in [2.45, 2.75) is 13.8 Å². The van der Waals surface area contributed by atoms with Crippen LogP contribution in [-0.2, 0) is 4.79 Å². The highest BCUT2D eigenvalue weighted by Crippen LogP contribution is 2.35. The molecule has 0 saturated heterocycles. The summed E-state index contributed by atoms with van der Waals surface area (Å²) in [5.41, 5.74) is 1.79. The molecule has 1 aliphatic rings. The zero-order valence-electron chi connectivity index (χ0n) is 14.6. The first-order valence-corrected chi connectivity index (χ1v) is 8.34. The van der Waals surface area contributed by atoms with Gasteiger partial charge in [-0.15, -0.1) is 0 Å². The molecule has 2 amide bonds. The largest absolute Gasteiger partial charge is 0.313 e. The van der Waals surface area contributed by atoms with E-state index in [1.54, 1.807) is 16.8 Å². The molecule has 1 heterocycles. The molecule has 4 nitrogen and oxygen atoms in total. The third-order valence-corrected chi connectivity index (χ3v) is 4.70. The first kappa shape index (κ1) is 17.1. The van der Waals surface area contributed by atoms with Crippen molar-refractivity contribution in [3.05, 3.63) is 59.9 Å². The zero-order chi connectivity index (χ0) is 18.1. The van der Waals surface area contributed by atoms with Gasteiger partial charge in [0, 0.05) is 19.2 Å². The molecule has 5 heteroatoms. The molecular formula is C20H21FN2O2. The van der Waals surface area contributed by atoms with E-state index in [2.05, 4.69) is 0 Å². The number of rotatable bonds is 2. The predicted octanol–water partition coefficient (Wildman–Crippen LogP) is 3.72. The summed E-state index contributed by atoms with van der Waals surface area (Å²) in [6, 6.07) is 12.9. The van der Waals surface area contributed by atoms with E-state index in [0.29, 0.717) is 23.5 Å². The Hall–Kier alpha value is -2.69. The summed E-state index contributed by atoms with van der Waals surface area (Å²) in [6.07, 6.45) is 0. The number of hydrogen-bond acceptors (Lipinski definition) is 2. The maximum absolute atomic E-state index is 13.2. The van der Waals surface area contributed by atoms with Crippen LogP contribution >= 0.6 is 0 Å². The second-order valence-corrected chi connectivity index (χ2v) is 6.66. The molecule has 3 rings (SSSR count). The molecule has 1 atom stereocenters. The molecule has 0 bridgehead atoms. The van der Waals surface area contributed by atoms with Crippen molar-refractivity contribution in [2.75, 3.05) is 23.4 Å². The maximum atomic E-state index is 13.2. The normalized spacial score (nSPS) is 17.5. The van der Waals surface area contributed by atoms with Gasteiger partial charge in [0.05, 0.1) is 17.3 Å². The van der Waals surface area contributed by atoms with Gasteiger partial charge in [-0.25, -0.2) is 4.39 Å². The number of nitrogens with zero attached hydrogens (tertiary/aromatic N) is 2. The van der Waals surface area contributed by atoms with Crippen LogP contribution in [0.5, 0.6) is 0 Å². The first-order chi connectivity index (χ1) is 11.9. The summed E-state index contributed by atoms with van der Waals surface area (Å²) in [5, 5.41) is 0. The van der Waals surface area contributed by atoms with Gasteiger partial charge in [0.25, 0.3) is 5.91 Å². The van der Waals surface area contributed by atoms with Crippen LogP contribution in [0, 0.1) is 17.7 Å². The lowest BCUT2D eigenvalue weighted by Crippen LogP contribution is -2.41. The van der Waals surface area contributed by atoms with Gasteiger partial charge in [-0.2, -0.15) is 0 Å². The van der Waals surface area contributed by atoms with Gasteiger partial charge in [-0.3, -0.25) is 9.59 Å². The number of halogens is 1. The van der Waals surface area contributed by atoms with Crippen LogP contribution in [0.3, 0.4) is 0 Å². The van der Waals surface area contributed by atoms with Crippen molar-refractivity contribution in [2.24, 2.45) is 11.8 Å². The molecule has 0 radical (unpaired) electrons. The summed E-state index contributed by atoms with van der Waals surface area (Å²) in [7, 11) is 1.74. The van der Waals surface area contributed by atoms with Crippen molar-refractivity contribution >= 4 is 23.2 Å². The summed E-state index contributed by atoms with van der Waals surface area (Å²) >= 11 is 0. The quantitative estimate of drug-likeness (QED) is 0.836. The molecule has 1 aliphatic heterocycles. The van der Waals surface area contributed by atoms with E-state index >= 15 is 0 Å². The highest BCUT2D eigenvalue weighted by atomic mass is 19.1. The number of carbonyl (C=O) groups is 2. The Labute approximate surface area is 146 Å². The van der Waals surface area contributed by atoms with Gasteiger partial charge in [0.2, 0.25) is 5.91 Å². The molecule has 0 saturated carbocycles. The van der Waals surface area contributed by atoms with E-state index < -0.39 is 0 Å². The maximum Gasteiger partial charge on any atom is 0.258 e. The Bertz CT molecular complexity index is 802. The standard InChI is InChI=1S/C20H21FN2O2/c1-13(2)16-12-23(19(24)14-8-10-15(21)11-9-14)18-7-5-4-6-17(18)22(3)20(16)25/h4-11,13,16H,12H2,1-3H3/t16-/m1/s1. The van der Waals surface area contributed by atoms with Crippen LogP contribution in [0.2, 0.25) is 0 Å². The Kier molecular flexibility index (Phi) is 4.57. The van der Waals surface area contributed by atoms with Crippen molar-refractivity contribution in [3.63, 3.8) is 0 Å². The van der Waals surface area contributed by atoms with Crippen molar-refractivity contribution in [1.82, 2.24) is 0 Å². The minimum Gasteiger partial charge on any atom is -0.313 e. The molecule has 0 unspecified atom stereocenters. The second kappa shape index (κ2) is 6.67. The number of carbonyl (C=O) groups excluding carboxylic acids is 2. The lowest BCUT2D eigenvalue weighted by Gasteiger charge is -2.26. The second-order valence-electron chi connectivity index (χ2n) is 6.66. The van der Waals surface area contributed by atoms with Crippen LogP contribution in [-0.4, -0.2) is 25.4 Å². The summed E-state index contributed by atoms with van der Waals surface area (Å²) < 4.78 is 13.2. The van der Waals surface area contributed by atoms with Crippen molar-refractivity contribution < 1.29 is 14.0 Å². The molecule has 130 valence electrons. The average molecular weight is 340 g/mol. The van der Waals surface area contributed by atoms with Gasteiger partial charge in [-0.1, -0.05) is 26.0 Å². The SMILES string of the molecule is CC(C)[C@H]1CN(C(=O)c2ccc(F)cc2)c2ccccc2N(C)C1=O. The van der Waals surface area contributed by atoms with Crippen LogP contribution in [0.25, 0.3) is 0 Å². The van der Waals surface area contributed by atoms with E-state index in [9.17, 15) is 14.0 Å². The molecule has 0 fully saturated rings. The van der Waals surface area contributed by atoms with Crippen molar-refractivity contribution in [1.29, 1.82) is 0 Å². The lowest BCUT2D eigenvalue weighted by atomic mass is 9.94. The average Bonchev–Trinajstić information content (AvgIpc) is 2.71. The van der Waals surface area contributed by atoms with Gasteiger partial charge < -0.3 is 9.80 Å². The number of para-hydroxylation sites is 2. The fourth-order valence-corrected chi connectivity index (χ4v) is 3.15. The number of anilines is 2. The van der Waals surface area contributed by atoms with Crippen LogP contribution in [0.1, 0.15) is 24.2 Å². The van der Waals surface area contributed by atoms with E-state index in [4.69, 9.17) is 0 Å². The number of hydrogen-bond donors (Lipinski definition) is 0. The van der Waals surface area contributed by atoms with Gasteiger partial charge in [-0.05, 0) is 42.3 Å². The smallest absolute Gasteiger partial charge is 0.258 e. The molecule has 0 spiro atoms. The fraction of sp³-hybridized carbons (Fsp3) is 0.300. The molecule has 0 aliphatic carbocycles. The van der Waals surface area contributed by atoms with E-state index in [-0.39, 0.29) is 29.5 Å². The molecule has 2 aromatic carbocycles. The Morgan fingerprint density at radius 1 is 1.08 bits per heavy atom. The topological polar surface area (TPSA) is 40.6 Å². The third kappa shape index (κ3) is 3.14. The van der Waals surface area contributed by atoms with Crippen LogP contribution in [0.15, 0.2) is 48.5 Å². The monoisotopic (exact) mass is 340 g/mol. The molecule has 2 aromatic rings. The van der Waals surface area contributed by atoms with Crippen LogP contribution in [0.4, 0.5) is 15.8 Å². The molecule has 0 N–H and O–H groups in total. The van der Waals surface area contributed by atoms with Crippen LogP contribution < -0.4 is 9.80 Å². The predicted molar refractivity (Wildman–Crippen MR) is 96.3 cm³/mol. The lowest BCUT2D eigenvalue weighted by molar-refractivity contribution is -0.122.